The summed E-state index contributed by atoms with van der Waals surface area (Å²) in [6.07, 6.45) is 7.01. The zero-order valence-corrected chi connectivity index (χ0v) is 13.2. The number of hydrogen-bond acceptors (Lipinski definition) is 5. The molecule has 1 amide bonds. The molecule has 0 atom stereocenters. The third-order valence-corrected chi connectivity index (χ3v) is 4.35. The van der Waals surface area contributed by atoms with Crippen molar-refractivity contribution in [2.45, 2.75) is 18.9 Å². The molecule has 24 heavy (non-hydrogen) atoms. The second kappa shape index (κ2) is 6.27. The van der Waals surface area contributed by atoms with Crippen LogP contribution in [0.4, 0.5) is 5.95 Å². The Labute approximate surface area is 139 Å². The van der Waals surface area contributed by atoms with E-state index >= 15 is 0 Å². The van der Waals surface area contributed by atoms with E-state index in [4.69, 9.17) is 0 Å². The number of amides is 1. The van der Waals surface area contributed by atoms with Gasteiger partial charge in [-0.1, -0.05) is 6.07 Å². The van der Waals surface area contributed by atoms with Gasteiger partial charge in [0, 0.05) is 43.3 Å². The van der Waals surface area contributed by atoms with Gasteiger partial charge >= 0.3 is 0 Å². The van der Waals surface area contributed by atoms with Crippen LogP contribution >= 0.6 is 0 Å². The predicted octanol–water partition coefficient (Wildman–Crippen LogP) is 1.52. The van der Waals surface area contributed by atoms with E-state index in [1.54, 1.807) is 24.5 Å². The quantitative estimate of drug-likeness (QED) is 0.791. The van der Waals surface area contributed by atoms with Gasteiger partial charge < -0.3 is 10.2 Å². The van der Waals surface area contributed by atoms with E-state index in [0.29, 0.717) is 5.56 Å². The van der Waals surface area contributed by atoms with Gasteiger partial charge in [0.05, 0.1) is 0 Å². The van der Waals surface area contributed by atoms with Crippen molar-refractivity contribution in [2.75, 3.05) is 18.0 Å². The molecule has 0 saturated carbocycles. The summed E-state index contributed by atoms with van der Waals surface area (Å²) in [5.41, 5.74) is 1.50. The lowest BCUT2D eigenvalue weighted by Crippen LogP contribution is -2.45. The summed E-state index contributed by atoms with van der Waals surface area (Å²) in [5, 5.41) is 11.6. The molecule has 0 aromatic carbocycles. The molecule has 4 heterocycles. The molecule has 7 nitrogen and oxygen atoms in total. The van der Waals surface area contributed by atoms with Crippen molar-refractivity contribution in [3.8, 4) is 0 Å². The highest BCUT2D eigenvalue weighted by molar-refractivity contribution is 5.94. The number of aromatic nitrogens is 4. The zero-order valence-electron chi connectivity index (χ0n) is 13.2. The Hall–Kier alpha value is -2.96. The van der Waals surface area contributed by atoms with Crippen molar-refractivity contribution in [1.82, 2.24) is 24.9 Å². The minimum absolute atomic E-state index is 0.0382. The van der Waals surface area contributed by atoms with Crippen molar-refractivity contribution in [3.05, 3.63) is 54.5 Å². The van der Waals surface area contributed by atoms with Gasteiger partial charge in [-0.15, -0.1) is 10.2 Å². The molecular weight excluding hydrogens is 304 g/mol. The maximum absolute atomic E-state index is 12.2. The van der Waals surface area contributed by atoms with E-state index in [0.717, 1.165) is 37.5 Å². The first-order valence-electron chi connectivity index (χ1n) is 8.07. The lowest BCUT2D eigenvalue weighted by Gasteiger charge is -2.32. The van der Waals surface area contributed by atoms with Gasteiger partial charge in [0.2, 0.25) is 5.95 Å². The van der Waals surface area contributed by atoms with Crippen molar-refractivity contribution in [1.29, 1.82) is 0 Å². The van der Waals surface area contributed by atoms with Gasteiger partial charge in [-0.05, 0) is 37.1 Å². The van der Waals surface area contributed by atoms with Crippen LogP contribution in [0.1, 0.15) is 23.2 Å². The van der Waals surface area contributed by atoms with Crippen LogP contribution in [0.5, 0.6) is 0 Å². The van der Waals surface area contributed by atoms with Gasteiger partial charge in [-0.2, -0.15) is 0 Å². The molecule has 1 fully saturated rings. The monoisotopic (exact) mass is 322 g/mol. The molecule has 0 spiro atoms. The normalized spacial score (nSPS) is 15.6. The van der Waals surface area contributed by atoms with E-state index < -0.39 is 0 Å². The summed E-state index contributed by atoms with van der Waals surface area (Å²) in [7, 11) is 0. The van der Waals surface area contributed by atoms with Gasteiger partial charge in [0.15, 0.2) is 5.65 Å². The third kappa shape index (κ3) is 2.80. The summed E-state index contributed by atoms with van der Waals surface area (Å²) in [4.78, 5) is 18.4. The van der Waals surface area contributed by atoms with Gasteiger partial charge in [-0.25, -0.2) is 0 Å². The number of piperidine rings is 1. The van der Waals surface area contributed by atoms with E-state index in [1.165, 1.54) is 0 Å². The number of carbonyl (C=O) groups excluding carboxylic acids is 1. The fourth-order valence-corrected chi connectivity index (χ4v) is 3.04. The lowest BCUT2D eigenvalue weighted by molar-refractivity contribution is 0.0931. The van der Waals surface area contributed by atoms with Crippen LogP contribution < -0.4 is 10.2 Å². The molecule has 0 radical (unpaired) electrons. The highest BCUT2D eigenvalue weighted by atomic mass is 16.1. The number of carbonyl (C=O) groups is 1. The number of anilines is 1. The van der Waals surface area contributed by atoms with Gasteiger partial charge in [-0.3, -0.25) is 14.2 Å². The summed E-state index contributed by atoms with van der Waals surface area (Å²) in [5.74, 6) is 0.827. The second-order valence-corrected chi connectivity index (χ2v) is 5.90. The zero-order chi connectivity index (χ0) is 16.4. The van der Waals surface area contributed by atoms with Crippen LogP contribution in [0.15, 0.2) is 48.9 Å². The maximum Gasteiger partial charge on any atom is 0.251 e. The molecule has 122 valence electrons. The lowest BCUT2D eigenvalue weighted by atomic mass is 10.0. The summed E-state index contributed by atoms with van der Waals surface area (Å²) in [6, 6.07) is 9.51. The third-order valence-electron chi connectivity index (χ3n) is 4.35. The first-order chi connectivity index (χ1) is 11.8. The molecule has 1 saturated heterocycles. The van der Waals surface area contributed by atoms with E-state index in [2.05, 4.69) is 25.4 Å². The fraction of sp³-hybridized carbons (Fsp3) is 0.294. The first kappa shape index (κ1) is 14.6. The number of pyridine rings is 2. The van der Waals surface area contributed by atoms with Crippen molar-refractivity contribution in [3.63, 3.8) is 0 Å². The molecule has 3 aromatic rings. The average Bonchev–Trinajstić information content (AvgIpc) is 3.07. The molecular formula is C17H18N6O. The Kier molecular flexibility index (Phi) is 3.82. The smallest absolute Gasteiger partial charge is 0.251 e. The molecule has 4 rings (SSSR count). The Balaban J connectivity index is 1.39. The number of rotatable bonds is 3. The summed E-state index contributed by atoms with van der Waals surface area (Å²) in [6.45, 7) is 1.69. The number of fused-ring (bicyclic) bond motifs is 1. The Morgan fingerprint density at radius 2 is 1.88 bits per heavy atom. The van der Waals surface area contributed by atoms with E-state index in [-0.39, 0.29) is 11.9 Å². The molecule has 0 aliphatic carbocycles. The van der Waals surface area contributed by atoms with Crippen LogP contribution in [0, 0.1) is 0 Å². The fourth-order valence-electron chi connectivity index (χ4n) is 3.04. The largest absolute Gasteiger partial charge is 0.349 e. The highest BCUT2D eigenvalue weighted by Crippen LogP contribution is 2.19. The topological polar surface area (TPSA) is 75.4 Å². The maximum atomic E-state index is 12.2. The van der Waals surface area contributed by atoms with Crippen molar-refractivity contribution < 1.29 is 4.79 Å². The molecule has 0 unspecified atom stereocenters. The second-order valence-electron chi connectivity index (χ2n) is 5.90. The van der Waals surface area contributed by atoms with Crippen LogP contribution in [0.2, 0.25) is 0 Å². The standard InChI is InChI=1S/C17H18N6O/c24-16(13-4-8-18-9-5-13)19-14-6-11-22(12-7-14)17-21-20-15-3-1-2-10-23(15)17/h1-5,8-10,14H,6-7,11-12H2,(H,19,24). The van der Waals surface area contributed by atoms with Crippen LogP contribution in [0.3, 0.4) is 0 Å². The SMILES string of the molecule is O=C(NC1CCN(c2nnc3ccccn23)CC1)c1ccncc1. The average molecular weight is 322 g/mol. The first-order valence-corrected chi connectivity index (χ1v) is 8.07. The van der Waals surface area contributed by atoms with Gasteiger partial charge in [0.1, 0.15) is 0 Å². The van der Waals surface area contributed by atoms with Gasteiger partial charge in [0.25, 0.3) is 5.91 Å². The predicted molar refractivity (Wildman–Crippen MR) is 89.9 cm³/mol. The Morgan fingerprint density at radius 3 is 2.67 bits per heavy atom. The number of hydrogen-bond donors (Lipinski definition) is 1. The molecule has 7 heteroatoms. The summed E-state index contributed by atoms with van der Waals surface area (Å²) < 4.78 is 2.00. The minimum atomic E-state index is -0.0382. The molecule has 1 aliphatic heterocycles. The van der Waals surface area contributed by atoms with Crippen LogP contribution in [-0.2, 0) is 0 Å². The van der Waals surface area contributed by atoms with Crippen molar-refractivity contribution >= 4 is 17.5 Å². The minimum Gasteiger partial charge on any atom is -0.349 e. The number of nitrogens with one attached hydrogen (secondary N) is 1. The van der Waals surface area contributed by atoms with E-state index in [1.807, 2.05) is 28.8 Å². The highest BCUT2D eigenvalue weighted by Gasteiger charge is 2.23. The Morgan fingerprint density at radius 1 is 1.08 bits per heavy atom. The Bertz CT molecular complexity index is 838. The molecule has 0 bridgehead atoms. The van der Waals surface area contributed by atoms with E-state index in [9.17, 15) is 4.79 Å². The van der Waals surface area contributed by atoms with Crippen LogP contribution in [0.25, 0.3) is 5.65 Å². The summed E-state index contributed by atoms with van der Waals surface area (Å²) >= 11 is 0. The molecule has 1 aliphatic rings. The number of nitrogens with zero attached hydrogens (tertiary/aromatic N) is 5. The van der Waals surface area contributed by atoms with Crippen molar-refractivity contribution in [2.24, 2.45) is 0 Å². The van der Waals surface area contributed by atoms with Crippen LogP contribution in [-0.4, -0.2) is 44.6 Å². The molecule has 1 N–H and O–H groups in total. The molecule has 3 aromatic heterocycles.